The highest BCUT2D eigenvalue weighted by Gasteiger charge is 2.48. The van der Waals surface area contributed by atoms with Crippen LogP contribution in [-0.2, 0) is 31.5 Å². The fraction of sp³-hybridized carbons (Fsp3) is 0.730. The molecule has 254 valence electrons. The molecule has 0 spiro atoms. The van der Waals surface area contributed by atoms with E-state index in [2.05, 4.69) is 92.5 Å². The Bertz CT molecular complexity index is 1240. The molecule has 0 bridgehead atoms. The minimum absolute atomic E-state index is 0.0688. The molecule has 0 aromatic heterocycles. The monoisotopic (exact) mass is 657 g/mol. The zero-order valence-electron chi connectivity index (χ0n) is 30.9. The molecule has 45 heavy (non-hydrogen) atoms. The molecule has 1 fully saturated rings. The van der Waals surface area contributed by atoms with Gasteiger partial charge in [0.15, 0.2) is 14.1 Å². The smallest absolute Gasteiger partial charge is 0.338 e. The van der Waals surface area contributed by atoms with Crippen molar-refractivity contribution in [2.24, 2.45) is 16.8 Å². The third kappa shape index (κ3) is 10.2. The van der Waals surface area contributed by atoms with Crippen LogP contribution in [0.15, 0.2) is 23.2 Å². The number of hydrogen-bond acceptors (Lipinski definition) is 6. The highest BCUT2D eigenvalue weighted by atomic mass is 28.4. The van der Waals surface area contributed by atoms with E-state index >= 15 is 0 Å². The molecule has 1 saturated heterocycles. The number of fused-ring (bicyclic) bond motifs is 1. The molecular weight excluding hydrogens is 595 g/mol. The van der Waals surface area contributed by atoms with E-state index in [0.717, 1.165) is 48.5 Å². The van der Waals surface area contributed by atoms with Crippen LogP contribution in [0.3, 0.4) is 0 Å². The lowest BCUT2D eigenvalue weighted by molar-refractivity contribution is -0.152. The summed E-state index contributed by atoms with van der Waals surface area (Å²) < 4.78 is 26.1. The summed E-state index contributed by atoms with van der Waals surface area (Å²) in [5, 5.41) is 0.0688. The maximum absolute atomic E-state index is 13.5. The zero-order chi connectivity index (χ0) is 34.0. The lowest BCUT2D eigenvalue weighted by Gasteiger charge is -2.40. The number of ether oxygens (including phenoxy) is 3. The summed E-state index contributed by atoms with van der Waals surface area (Å²) in [7, 11) is -3.42. The second kappa shape index (κ2) is 14.7. The van der Waals surface area contributed by atoms with Crippen LogP contribution < -0.4 is 0 Å². The van der Waals surface area contributed by atoms with E-state index < -0.39 is 22.2 Å². The molecule has 2 aliphatic heterocycles. The maximum Gasteiger partial charge on any atom is 0.338 e. The van der Waals surface area contributed by atoms with E-state index in [-0.39, 0.29) is 29.3 Å². The number of carbonyl (C=O) groups is 1. The fourth-order valence-electron chi connectivity index (χ4n) is 5.64. The Labute approximate surface area is 276 Å². The largest absolute Gasteiger partial charge is 0.462 e. The van der Waals surface area contributed by atoms with Gasteiger partial charge in [0, 0.05) is 20.7 Å². The summed E-state index contributed by atoms with van der Waals surface area (Å²) in [5.41, 5.74) is 4.80. The summed E-state index contributed by atoms with van der Waals surface area (Å²) in [4.78, 5) is 18.2. The first kappa shape index (κ1) is 37.9. The zero-order valence-corrected chi connectivity index (χ0v) is 32.9. The van der Waals surface area contributed by atoms with Crippen LogP contribution in [0, 0.1) is 18.8 Å². The molecule has 0 aliphatic carbocycles. The topological polar surface area (TPSA) is 66.4 Å². The first-order chi connectivity index (χ1) is 20.6. The van der Waals surface area contributed by atoms with Gasteiger partial charge >= 0.3 is 5.97 Å². The quantitative estimate of drug-likeness (QED) is 0.113. The van der Waals surface area contributed by atoms with Crippen molar-refractivity contribution >= 4 is 34.3 Å². The van der Waals surface area contributed by atoms with Crippen LogP contribution in [0.25, 0.3) is 0 Å². The van der Waals surface area contributed by atoms with Crippen LogP contribution in [0.5, 0.6) is 0 Å². The third-order valence-electron chi connectivity index (χ3n) is 9.85. The molecule has 2 heterocycles. The summed E-state index contributed by atoms with van der Waals surface area (Å²) in [6.07, 6.45) is 9.07. The maximum atomic E-state index is 13.5. The van der Waals surface area contributed by atoms with Crippen LogP contribution in [0.2, 0.25) is 43.8 Å². The summed E-state index contributed by atoms with van der Waals surface area (Å²) in [6, 6.07) is 3.07. The van der Waals surface area contributed by atoms with Crippen molar-refractivity contribution in [2.45, 2.75) is 156 Å². The SMILES string of the molecule is Cc1cc2c(c(CCC[C@H]3OC(C)(C)O[C@@H]3C(/C=C\[C@H](C)C(C)C)O[Si](C)(C)C(C)(C)C)c1C(=O)OCC[Si](C)(C)C)N=CC2. The standard InChI is InChI=1S/C37H63NO5Si2/c1-25(2)26(3)18-19-31(43-45(13,14)36(5,6)7)34-30(41-37(8,9)42-34)17-15-16-29-32(35(39)40-22-23-44(10,11)12)27(4)24-28-20-21-38-33(28)29/h18-19,21,24-26,30-31,34H,15-17,20,22-23H2,1-14H3/b19-18-/t26-,30+,31?,34-/m0/s1. The lowest BCUT2D eigenvalue weighted by atomic mass is 9.91. The van der Waals surface area contributed by atoms with Gasteiger partial charge in [0.05, 0.1) is 30.1 Å². The van der Waals surface area contributed by atoms with E-state index in [1.165, 1.54) is 5.56 Å². The second-order valence-electron chi connectivity index (χ2n) is 16.9. The van der Waals surface area contributed by atoms with Gasteiger partial charge in [0.25, 0.3) is 0 Å². The number of rotatable bonds is 14. The van der Waals surface area contributed by atoms with Crippen molar-refractivity contribution in [2.75, 3.05) is 6.61 Å². The van der Waals surface area contributed by atoms with Crippen LogP contribution in [0.1, 0.15) is 95.3 Å². The molecule has 6 nitrogen and oxygen atoms in total. The molecule has 1 aromatic carbocycles. The van der Waals surface area contributed by atoms with E-state index in [0.29, 0.717) is 24.0 Å². The number of nitrogens with zero attached hydrogens (tertiary/aromatic N) is 1. The number of esters is 1. The van der Waals surface area contributed by atoms with E-state index in [4.69, 9.17) is 23.6 Å². The average Bonchev–Trinajstić information content (AvgIpc) is 3.47. The first-order valence-corrected chi connectivity index (χ1v) is 23.8. The number of benzene rings is 1. The molecule has 1 unspecified atom stereocenters. The second-order valence-corrected chi connectivity index (χ2v) is 27.3. The number of hydrogen-bond donors (Lipinski definition) is 0. The Morgan fingerprint density at radius 1 is 1.11 bits per heavy atom. The molecule has 2 aliphatic rings. The van der Waals surface area contributed by atoms with Gasteiger partial charge in [-0.15, -0.1) is 0 Å². The van der Waals surface area contributed by atoms with Crippen molar-refractivity contribution in [3.05, 3.63) is 40.5 Å². The Morgan fingerprint density at radius 3 is 2.38 bits per heavy atom. The summed E-state index contributed by atoms with van der Waals surface area (Å²) in [6.45, 7) is 31.6. The summed E-state index contributed by atoms with van der Waals surface area (Å²) >= 11 is 0. The van der Waals surface area contributed by atoms with Gasteiger partial charge in [-0.1, -0.05) is 79.4 Å². The Morgan fingerprint density at radius 2 is 1.78 bits per heavy atom. The Balaban J connectivity index is 1.86. The van der Waals surface area contributed by atoms with Crippen molar-refractivity contribution in [3.8, 4) is 0 Å². The van der Waals surface area contributed by atoms with E-state index in [9.17, 15) is 4.79 Å². The van der Waals surface area contributed by atoms with Crippen LogP contribution in [0.4, 0.5) is 5.69 Å². The minimum Gasteiger partial charge on any atom is -0.462 e. The highest BCUT2D eigenvalue weighted by molar-refractivity contribution is 6.76. The fourth-order valence-corrected chi connectivity index (χ4v) is 7.60. The molecule has 4 atom stereocenters. The molecule has 8 heteroatoms. The predicted octanol–water partition coefficient (Wildman–Crippen LogP) is 9.83. The third-order valence-corrected chi connectivity index (χ3v) is 16.0. The van der Waals surface area contributed by atoms with E-state index in [1.54, 1.807) is 0 Å². The van der Waals surface area contributed by atoms with Crippen LogP contribution in [-0.4, -0.2) is 59.3 Å². The Hall–Kier alpha value is -1.59. The van der Waals surface area contributed by atoms with Gasteiger partial charge < -0.3 is 18.6 Å². The van der Waals surface area contributed by atoms with Crippen molar-refractivity contribution in [3.63, 3.8) is 0 Å². The average molecular weight is 658 g/mol. The number of aliphatic imine (C=N–C) groups is 1. The number of allylic oxidation sites excluding steroid dienone is 1. The lowest BCUT2D eigenvalue weighted by Crippen LogP contribution is -2.48. The predicted molar refractivity (Wildman–Crippen MR) is 193 cm³/mol. The summed E-state index contributed by atoms with van der Waals surface area (Å²) in [5.74, 6) is 0.0367. The van der Waals surface area contributed by atoms with E-state index in [1.807, 2.05) is 27.0 Å². The molecular formula is C37H63NO5Si2. The first-order valence-electron chi connectivity index (χ1n) is 17.2. The van der Waals surface area contributed by atoms with Crippen molar-refractivity contribution in [1.82, 2.24) is 0 Å². The van der Waals surface area contributed by atoms with Gasteiger partial charge in [-0.05, 0) is 92.7 Å². The highest BCUT2D eigenvalue weighted by Crippen LogP contribution is 2.41. The normalized spacial score (nSPS) is 21.5. The Kier molecular flexibility index (Phi) is 12.3. The van der Waals surface area contributed by atoms with Gasteiger partial charge in [-0.2, -0.15) is 0 Å². The van der Waals surface area contributed by atoms with Crippen molar-refractivity contribution < 1.29 is 23.4 Å². The minimum atomic E-state index is -2.11. The molecule has 0 radical (unpaired) electrons. The molecule has 0 N–H and O–H groups in total. The van der Waals surface area contributed by atoms with Gasteiger partial charge in [-0.3, -0.25) is 4.99 Å². The molecule has 3 rings (SSSR count). The van der Waals surface area contributed by atoms with Gasteiger partial charge in [0.1, 0.15) is 6.10 Å². The van der Waals surface area contributed by atoms with Gasteiger partial charge in [0.2, 0.25) is 0 Å². The van der Waals surface area contributed by atoms with Crippen LogP contribution >= 0.6 is 0 Å². The van der Waals surface area contributed by atoms with Gasteiger partial charge in [-0.25, -0.2) is 4.79 Å². The number of aryl methyl sites for hydroxylation is 1. The molecule has 1 aromatic rings. The molecule has 0 amide bonds. The molecule has 0 saturated carbocycles. The van der Waals surface area contributed by atoms with Crippen molar-refractivity contribution in [1.29, 1.82) is 0 Å². The number of carbonyl (C=O) groups excluding carboxylic acids is 1.